The minimum atomic E-state index is 0.0329. The number of carbonyl (C=O) groups excluding carboxylic acids is 2. The van der Waals surface area contributed by atoms with Crippen LogP contribution >= 0.6 is 0 Å². The van der Waals surface area contributed by atoms with Crippen LogP contribution < -0.4 is 5.32 Å². The van der Waals surface area contributed by atoms with Crippen LogP contribution in [0, 0.1) is 11.8 Å². The number of rotatable bonds is 5. The number of nitrogens with one attached hydrogen (secondary N) is 1. The summed E-state index contributed by atoms with van der Waals surface area (Å²) in [6.07, 6.45) is 5.45. The molecule has 0 unspecified atom stereocenters. The molecule has 2 bridgehead atoms. The number of benzene rings is 1. The third-order valence-corrected chi connectivity index (χ3v) is 6.39. The Morgan fingerprint density at radius 3 is 2.46 bits per heavy atom. The predicted octanol–water partition coefficient (Wildman–Crippen LogP) is 2.03. The van der Waals surface area contributed by atoms with Gasteiger partial charge in [0, 0.05) is 38.1 Å². The summed E-state index contributed by atoms with van der Waals surface area (Å²) in [4.78, 5) is 29.3. The van der Waals surface area contributed by atoms with Crippen molar-refractivity contribution < 1.29 is 9.59 Å². The largest absolute Gasteiger partial charge is 0.352 e. The maximum atomic E-state index is 12.6. The van der Waals surface area contributed by atoms with E-state index >= 15 is 0 Å². The van der Waals surface area contributed by atoms with Gasteiger partial charge in [-0.1, -0.05) is 30.3 Å². The first-order chi connectivity index (χ1) is 12.7. The Hall–Kier alpha value is -1.88. The summed E-state index contributed by atoms with van der Waals surface area (Å²) < 4.78 is 0. The minimum absolute atomic E-state index is 0.0329. The Labute approximate surface area is 155 Å². The van der Waals surface area contributed by atoms with E-state index in [4.69, 9.17) is 0 Å². The number of hydrogen-bond acceptors (Lipinski definition) is 3. The van der Waals surface area contributed by atoms with E-state index in [-0.39, 0.29) is 17.7 Å². The first kappa shape index (κ1) is 17.5. The van der Waals surface area contributed by atoms with E-state index in [1.54, 1.807) is 0 Å². The Kier molecular flexibility index (Phi) is 5.25. The summed E-state index contributed by atoms with van der Waals surface area (Å²) in [5.41, 5.74) is 1.12. The molecule has 26 heavy (non-hydrogen) atoms. The molecule has 2 atom stereocenters. The fraction of sp³-hybridized carbons (Fsp3) is 0.619. The average Bonchev–Trinajstić information content (AvgIpc) is 3.30. The SMILES string of the molecule is O=C(NCc1ccccc1)C1CCN(C(=O)CN2C[C@H]3CC[C@@H]2C3)CC1. The van der Waals surface area contributed by atoms with Crippen molar-refractivity contribution in [2.75, 3.05) is 26.2 Å². The molecule has 5 heteroatoms. The minimum Gasteiger partial charge on any atom is -0.352 e. The highest BCUT2D eigenvalue weighted by Gasteiger charge is 2.39. The molecule has 2 amide bonds. The van der Waals surface area contributed by atoms with Gasteiger partial charge >= 0.3 is 0 Å². The first-order valence-corrected chi connectivity index (χ1v) is 10.0. The summed E-state index contributed by atoms with van der Waals surface area (Å²) in [5.74, 6) is 1.23. The van der Waals surface area contributed by atoms with Crippen molar-refractivity contribution in [1.29, 1.82) is 0 Å². The highest BCUT2D eigenvalue weighted by Crippen LogP contribution is 2.37. The lowest BCUT2D eigenvalue weighted by Crippen LogP contribution is -2.47. The second-order valence-electron chi connectivity index (χ2n) is 8.12. The number of piperidine rings is 2. The van der Waals surface area contributed by atoms with Gasteiger partial charge in [-0.15, -0.1) is 0 Å². The standard InChI is InChI=1S/C21H29N3O2/c25-20(15-24-14-17-6-7-19(24)12-17)23-10-8-18(9-11-23)21(26)22-13-16-4-2-1-3-5-16/h1-5,17-19H,6-15H2,(H,22,26)/t17-,19+/m0/s1. The second-order valence-corrected chi connectivity index (χ2v) is 8.12. The number of amides is 2. The number of likely N-dealkylation sites (tertiary alicyclic amines) is 2. The zero-order valence-corrected chi connectivity index (χ0v) is 15.4. The summed E-state index contributed by atoms with van der Waals surface area (Å²) in [5, 5.41) is 3.04. The molecule has 1 aliphatic carbocycles. The lowest BCUT2D eigenvalue weighted by atomic mass is 9.95. The average molecular weight is 355 g/mol. The topological polar surface area (TPSA) is 52.7 Å². The molecular formula is C21H29N3O2. The van der Waals surface area contributed by atoms with E-state index in [2.05, 4.69) is 10.2 Å². The van der Waals surface area contributed by atoms with Crippen LogP contribution in [0.4, 0.5) is 0 Å². The predicted molar refractivity (Wildman–Crippen MR) is 100 cm³/mol. The molecule has 1 saturated carbocycles. The molecule has 2 saturated heterocycles. The second kappa shape index (κ2) is 7.78. The van der Waals surface area contributed by atoms with Gasteiger partial charge in [-0.3, -0.25) is 14.5 Å². The molecule has 140 valence electrons. The number of hydrogen-bond donors (Lipinski definition) is 1. The molecular weight excluding hydrogens is 326 g/mol. The van der Waals surface area contributed by atoms with Gasteiger partial charge in [0.15, 0.2) is 0 Å². The molecule has 1 N–H and O–H groups in total. The van der Waals surface area contributed by atoms with Crippen molar-refractivity contribution in [1.82, 2.24) is 15.1 Å². The van der Waals surface area contributed by atoms with E-state index in [1.165, 1.54) is 19.3 Å². The Morgan fingerprint density at radius 2 is 1.81 bits per heavy atom. The summed E-state index contributed by atoms with van der Waals surface area (Å²) in [6, 6.07) is 10.6. The zero-order chi connectivity index (χ0) is 17.9. The van der Waals surface area contributed by atoms with Crippen molar-refractivity contribution in [2.45, 2.75) is 44.7 Å². The zero-order valence-electron chi connectivity index (χ0n) is 15.4. The van der Waals surface area contributed by atoms with E-state index < -0.39 is 0 Å². The highest BCUT2D eigenvalue weighted by atomic mass is 16.2. The molecule has 5 nitrogen and oxygen atoms in total. The van der Waals surface area contributed by atoms with Crippen LogP contribution in [-0.4, -0.2) is 53.8 Å². The Morgan fingerprint density at radius 1 is 1.04 bits per heavy atom. The molecule has 3 fully saturated rings. The molecule has 2 heterocycles. The van der Waals surface area contributed by atoms with Gasteiger partial charge in [-0.2, -0.15) is 0 Å². The van der Waals surface area contributed by atoms with Crippen molar-refractivity contribution in [3.8, 4) is 0 Å². The van der Waals surface area contributed by atoms with Gasteiger partial charge in [0.05, 0.1) is 6.54 Å². The number of carbonyl (C=O) groups is 2. The van der Waals surface area contributed by atoms with Crippen molar-refractivity contribution in [3.63, 3.8) is 0 Å². The third-order valence-electron chi connectivity index (χ3n) is 6.39. The van der Waals surface area contributed by atoms with Crippen molar-refractivity contribution in [2.24, 2.45) is 11.8 Å². The van der Waals surface area contributed by atoms with Crippen LogP contribution in [0.2, 0.25) is 0 Å². The molecule has 3 aliphatic rings. The van der Waals surface area contributed by atoms with Gasteiger partial charge < -0.3 is 10.2 Å². The van der Waals surface area contributed by atoms with Gasteiger partial charge in [-0.25, -0.2) is 0 Å². The molecule has 4 rings (SSSR count). The summed E-state index contributed by atoms with van der Waals surface area (Å²) >= 11 is 0. The van der Waals surface area contributed by atoms with Crippen LogP contribution in [0.15, 0.2) is 30.3 Å². The first-order valence-electron chi connectivity index (χ1n) is 10.0. The normalized spacial score (nSPS) is 26.2. The molecule has 0 aromatic heterocycles. The summed E-state index contributed by atoms with van der Waals surface area (Å²) in [6.45, 7) is 3.69. The fourth-order valence-electron chi connectivity index (χ4n) is 4.81. The summed E-state index contributed by atoms with van der Waals surface area (Å²) in [7, 11) is 0. The molecule has 1 aromatic carbocycles. The quantitative estimate of drug-likeness (QED) is 0.879. The lowest BCUT2D eigenvalue weighted by Gasteiger charge is -2.34. The van der Waals surface area contributed by atoms with Crippen LogP contribution in [-0.2, 0) is 16.1 Å². The van der Waals surface area contributed by atoms with E-state index in [1.807, 2.05) is 35.2 Å². The van der Waals surface area contributed by atoms with Gasteiger partial charge in [0.25, 0.3) is 0 Å². The van der Waals surface area contributed by atoms with Crippen LogP contribution in [0.1, 0.15) is 37.7 Å². The molecule has 0 radical (unpaired) electrons. The third kappa shape index (κ3) is 3.93. The molecule has 2 aliphatic heterocycles. The van der Waals surface area contributed by atoms with E-state index in [0.29, 0.717) is 32.2 Å². The van der Waals surface area contributed by atoms with Gasteiger partial charge in [-0.05, 0) is 43.6 Å². The molecule has 0 spiro atoms. The van der Waals surface area contributed by atoms with Crippen molar-refractivity contribution >= 4 is 11.8 Å². The smallest absolute Gasteiger partial charge is 0.236 e. The van der Waals surface area contributed by atoms with Gasteiger partial charge in [0.2, 0.25) is 11.8 Å². The Balaban J connectivity index is 1.20. The highest BCUT2D eigenvalue weighted by molar-refractivity contribution is 5.80. The van der Waals surface area contributed by atoms with Gasteiger partial charge in [0.1, 0.15) is 0 Å². The monoisotopic (exact) mass is 355 g/mol. The Bertz CT molecular complexity index is 640. The number of fused-ring (bicyclic) bond motifs is 2. The maximum absolute atomic E-state index is 12.6. The van der Waals surface area contributed by atoms with E-state index in [0.717, 1.165) is 30.9 Å². The van der Waals surface area contributed by atoms with E-state index in [9.17, 15) is 9.59 Å². The van der Waals surface area contributed by atoms with Crippen LogP contribution in [0.3, 0.4) is 0 Å². The maximum Gasteiger partial charge on any atom is 0.236 e. The van der Waals surface area contributed by atoms with Crippen molar-refractivity contribution in [3.05, 3.63) is 35.9 Å². The fourth-order valence-corrected chi connectivity index (χ4v) is 4.81. The van der Waals surface area contributed by atoms with Crippen LogP contribution in [0.25, 0.3) is 0 Å². The lowest BCUT2D eigenvalue weighted by molar-refractivity contribution is -0.136. The molecule has 1 aromatic rings. The van der Waals surface area contributed by atoms with Crippen LogP contribution in [0.5, 0.6) is 0 Å². The number of nitrogens with zero attached hydrogens (tertiary/aromatic N) is 2.